The van der Waals surface area contributed by atoms with Gasteiger partial charge in [-0.3, -0.25) is 24.0 Å². The molecule has 0 saturated heterocycles. The minimum Gasteiger partial charge on any atom is -0.496 e. The number of alkyl halides is 3. The van der Waals surface area contributed by atoms with E-state index in [1.54, 1.807) is 38.1 Å². The van der Waals surface area contributed by atoms with Crippen molar-refractivity contribution in [3.8, 4) is 16.9 Å². The summed E-state index contributed by atoms with van der Waals surface area (Å²) in [7, 11) is 4.35. The summed E-state index contributed by atoms with van der Waals surface area (Å²) < 4.78 is 61.2. The highest BCUT2D eigenvalue weighted by Crippen LogP contribution is 2.37. The Morgan fingerprint density at radius 1 is 0.722 bits per heavy atom. The number of carbonyl (C=O) groups is 5. The van der Waals surface area contributed by atoms with E-state index in [1.807, 2.05) is 0 Å². The van der Waals surface area contributed by atoms with Crippen molar-refractivity contribution >= 4 is 35.4 Å². The number of hydrogen-bond donors (Lipinski definition) is 1. The van der Waals surface area contributed by atoms with Gasteiger partial charge in [0.05, 0.1) is 49.1 Å². The molecule has 0 spiro atoms. The molecular weight excluding hydrogens is 709 g/mol. The minimum absolute atomic E-state index is 0.00862. The van der Waals surface area contributed by atoms with E-state index in [2.05, 4.69) is 5.32 Å². The van der Waals surface area contributed by atoms with E-state index < -0.39 is 59.9 Å². The second kappa shape index (κ2) is 17.6. The lowest BCUT2D eigenvalue weighted by Crippen LogP contribution is -2.50. The summed E-state index contributed by atoms with van der Waals surface area (Å²) in [6.07, 6.45) is -4.96. The molecule has 54 heavy (non-hydrogen) atoms. The van der Waals surface area contributed by atoms with Crippen LogP contribution in [-0.2, 0) is 46.6 Å². The fourth-order valence-electron chi connectivity index (χ4n) is 5.59. The third-order valence-electron chi connectivity index (χ3n) is 8.27. The average molecular weight is 749 g/mol. The number of rotatable bonds is 14. The van der Waals surface area contributed by atoms with Crippen LogP contribution in [0.1, 0.15) is 51.3 Å². The number of carbonyl (C=O) groups excluding carboxylic acids is 5. The lowest BCUT2D eigenvalue weighted by Gasteiger charge is -2.29. The van der Waals surface area contributed by atoms with Gasteiger partial charge in [-0.25, -0.2) is 0 Å². The van der Waals surface area contributed by atoms with Crippen LogP contribution in [0.3, 0.4) is 0 Å². The quantitative estimate of drug-likeness (QED) is 0.0872. The number of ether oxygens (including phenoxy) is 4. The first kappa shape index (κ1) is 40.6. The van der Waals surface area contributed by atoms with Crippen molar-refractivity contribution in [2.75, 3.05) is 46.3 Å². The molecule has 11 nitrogen and oxygen atoms in total. The monoisotopic (exact) mass is 748 g/mol. The number of benzene rings is 4. The van der Waals surface area contributed by atoms with Gasteiger partial charge >= 0.3 is 24.1 Å². The molecule has 0 aromatic heterocycles. The standard InChI is InChI=1S/C40H39F3N2O9/c1-6-52-37(49)39(38(50)53-7-2,27-12-9-8-10-13-27)24-54-33(46)23-25-16-21-31(30(22-25)36(48)45(3)4)44-35(47)29-14-11-15-32(51-5)34(29)26-17-19-28(20-18-26)40(41,42)43/h8-22H,6-7,23-24H2,1-5H3,(H,44,47). The third-order valence-corrected chi connectivity index (χ3v) is 8.27. The topological polar surface area (TPSA) is 138 Å². The van der Waals surface area contributed by atoms with E-state index in [4.69, 9.17) is 18.9 Å². The maximum absolute atomic E-state index is 13.8. The first-order chi connectivity index (χ1) is 25.7. The molecule has 0 atom stereocenters. The Morgan fingerprint density at radius 3 is 1.91 bits per heavy atom. The van der Waals surface area contributed by atoms with E-state index in [1.165, 1.54) is 80.7 Å². The number of halogens is 3. The number of hydrogen-bond acceptors (Lipinski definition) is 9. The SMILES string of the molecule is CCOC(=O)C(COC(=O)Cc1ccc(NC(=O)c2cccc(OC)c2-c2ccc(C(F)(F)F)cc2)c(C(=O)N(C)C)c1)(C(=O)OCC)c1ccccc1. The Labute approximate surface area is 310 Å². The van der Waals surface area contributed by atoms with Crippen LogP contribution in [0.4, 0.5) is 18.9 Å². The highest BCUT2D eigenvalue weighted by atomic mass is 19.4. The van der Waals surface area contributed by atoms with Crippen LogP contribution in [0.15, 0.2) is 91.0 Å². The summed E-state index contributed by atoms with van der Waals surface area (Å²) >= 11 is 0. The van der Waals surface area contributed by atoms with Gasteiger partial charge in [-0.05, 0) is 66.9 Å². The van der Waals surface area contributed by atoms with E-state index in [0.717, 1.165) is 12.1 Å². The van der Waals surface area contributed by atoms with Gasteiger partial charge in [-0.15, -0.1) is 0 Å². The predicted octanol–water partition coefficient (Wildman–Crippen LogP) is 6.49. The number of amides is 2. The van der Waals surface area contributed by atoms with Gasteiger partial charge < -0.3 is 29.2 Å². The van der Waals surface area contributed by atoms with Gasteiger partial charge in [-0.2, -0.15) is 13.2 Å². The Bertz CT molecular complexity index is 1980. The lowest BCUT2D eigenvalue weighted by atomic mass is 9.81. The van der Waals surface area contributed by atoms with Gasteiger partial charge in [0.2, 0.25) is 5.41 Å². The molecule has 14 heteroatoms. The zero-order valence-electron chi connectivity index (χ0n) is 30.2. The molecule has 0 aliphatic heterocycles. The van der Waals surface area contributed by atoms with Crippen LogP contribution in [-0.4, -0.2) is 75.6 Å². The Kier molecular flexibility index (Phi) is 13.2. The molecule has 1 N–H and O–H groups in total. The second-order valence-corrected chi connectivity index (χ2v) is 12.0. The van der Waals surface area contributed by atoms with Crippen molar-refractivity contribution in [3.05, 3.63) is 119 Å². The average Bonchev–Trinajstić information content (AvgIpc) is 3.15. The van der Waals surface area contributed by atoms with Crippen LogP contribution in [0, 0.1) is 0 Å². The molecule has 4 aromatic carbocycles. The Balaban J connectivity index is 1.64. The summed E-state index contributed by atoms with van der Waals surface area (Å²) in [5.41, 5.74) is -1.83. The third kappa shape index (κ3) is 9.06. The van der Waals surface area contributed by atoms with E-state index in [-0.39, 0.29) is 52.5 Å². The largest absolute Gasteiger partial charge is 0.496 e. The van der Waals surface area contributed by atoms with Crippen molar-refractivity contribution < 1.29 is 56.1 Å². The number of anilines is 1. The van der Waals surface area contributed by atoms with Crippen molar-refractivity contribution in [1.82, 2.24) is 4.90 Å². The number of nitrogens with one attached hydrogen (secondary N) is 1. The van der Waals surface area contributed by atoms with Gasteiger partial charge in [0, 0.05) is 19.7 Å². The summed E-state index contributed by atoms with van der Waals surface area (Å²) in [4.78, 5) is 68.3. The fraction of sp³-hybridized carbons (Fsp3) is 0.275. The van der Waals surface area contributed by atoms with Crippen molar-refractivity contribution in [3.63, 3.8) is 0 Å². The molecule has 2 amide bonds. The maximum atomic E-state index is 13.8. The lowest BCUT2D eigenvalue weighted by molar-refractivity contribution is -0.170. The van der Waals surface area contributed by atoms with E-state index in [0.29, 0.717) is 5.56 Å². The van der Waals surface area contributed by atoms with Crippen molar-refractivity contribution in [1.29, 1.82) is 0 Å². The summed E-state index contributed by atoms with van der Waals surface area (Å²) in [5, 5.41) is 2.71. The van der Waals surface area contributed by atoms with Gasteiger partial charge in [0.1, 0.15) is 12.4 Å². The molecule has 4 rings (SSSR count). The molecule has 0 aliphatic carbocycles. The van der Waals surface area contributed by atoms with Crippen LogP contribution in [0.5, 0.6) is 5.75 Å². The second-order valence-electron chi connectivity index (χ2n) is 12.0. The normalized spacial score (nSPS) is 11.3. The van der Waals surface area contributed by atoms with Crippen molar-refractivity contribution in [2.24, 2.45) is 0 Å². The summed E-state index contributed by atoms with van der Waals surface area (Å²) in [6.45, 7) is 2.30. The van der Waals surface area contributed by atoms with Gasteiger partial charge in [0.25, 0.3) is 11.8 Å². The highest BCUT2D eigenvalue weighted by molar-refractivity contribution is 6.12. The van der Waals surface area contributed by atoms with E-state index >= 15 is 0 Å². The number of methoxy groups -OCH3 is 1. The summed E-state index contributed by atoms with van der Waals surface area (Å²) in [6, 6.07) is 21.1. The first-order valence-corrected chi connectivity index (χ1v) is 16.7. The van der Waals surface area contributed by atoms with Crippen molar-refractivity contribution in [2.45, 2.75) is 31.9 Å². The molecule has 0 aliphatic rings. The molecule has 0 fully saturated rings. The summed E-state index contributed by atoms with van der Waals surface area (Å²) in [5.74, 6) is -3.76. The Morgan fingerprint density at radius 2 is 1.35 bits per heavy atom. The van der Waals surface area contributed by atoms with Crippen LogP contribution < -0.4 is 10.1 Å². The Hall–Kier alpha value is -6.18. The minimum atomic E-state index is -4.56. The number of nitrogens with zero attached hydrogens (tertiary/aromatic N) is 1. The molecule has 0 heterocycles. The highest BCUT2D eigenvalue weighted by Gasteiger charge is 2.52. The van der Waals surface area contributed by atoms with Crippen LogP contribution in [0.25, 0.3) is 11.1 Å². The van der Waals surface area contributed by atoms with Gasteiger partial charge in [0.15, 0.2) is 0 Å². The molecule has 4 aromatic rings. The maximum Gasteiger partial charge on any atom is 0.416 e. The zero-order chi connectivity index (χ0) is 39.6. The molecule has 284 valence electrons. The molecule has 0 unspecified atom stereocenters. The van der Waals surface area contributed by atoms with Crippen LogP contribution >= 0.6 is 0 Å². The molecule has 0 saturated carbocycles. The predicted molar refractivity (Wildman–Crippen MR) is 192 cm³/mol. The van der Waals surface area contributed by atoms with Crippen LogP contribution in [0.2, 0.25) is 0 Å². The van der Waals surface area contributed by atoms with E-state index in [9.17, 15) is 37.1 Å². The first-order valence-electron chi connectivity index (χ1n) is 16.7. The number of esters is 3. The molecular formula is C40H39F3N2O9. The smallest absolute Gasteiger partial charge is 0.416 e. The fourth-order valence-corrected chi connectivity index (χ4v) is 5.59. The zero-order valence-corrected chi connectivity index (χ0v) is 30.2. The molecule has 0 radical (unpaired) electrons. The van der Waals surface area contributed by atoms with Gasteiger partial charge in [-0.1, -0.05) is 54.6 Å². The molecule has 0 bridgehead atoms.